The molecule has 0 rings (SSSR count). The van der Waals surface area contributed by atoms with Gasteiger partial charge in [-0.2, -0.15) is 0 Å². The maximum atomic E-state index is 7.17. The van der Waals surface area contributed by atoms with E-state index in [2.05, 4.69) is 0 Å². The summed E-state index contributed by atoms with van der Waals surface area (Å²) >= 11 is 0. The van der Waals surface area contributed by atoms with Gasteiger partial charge in [-0.25, -0.2) is 0 Å². The quantitative estimate of drug-likeness (QED) is 0.409. The minimum Gasteiger partial charge on any atom is -0.402 e. The van der Waals surface area contributed by atoms with Crippen molar-refractivity contribution in [3.8, 4) is 0 Å². The number of hydrogen-bond donors (Lipinski definition) is 3. The van der Waals surface area contributed by atoms with Gasteiger partial charge in [0.1, 0.15) is 0 Å². The third-order valence-corrected chi connectivity index (χ3v) is 0. The molecule has 0 unspecified atom stereocenters. The molecule has 0 aromatic rings. The van der Waals surface area contributed by atoms with E-state index in [1.807, 2.05) is 0 Å². The molecule has 0 fully saturated rings. The van der Waals surface area contributed by atoms with E-state index in [0.717, 1.165) is 0 Å². The Morgan fingerprint density at radius 3 is 1.00 bits per heavy atom. The van der Waals surface area contributed by atoms with Crippen molar-refractivity contribution in [3.05, 3.63) is 0 Å². The van der Waals surface area contributed by atoms with Gasteiger partial charge in [0, 0.05) is 61.0 Å². The molecule has 0 aliphatic heterocycles. The number of hydrogen-bond acceptors (Lipinski definition) is 3. The molecule has 3 N–H and O–H groups in total. The SMILES string of the molecule is OB(O)O.[Gd].[W]. The maximum absolute atomic E-state index is 7.17. The van der Waals surface area contributed by atoms with Crippen molar-refractivity contribution < 1.29 is 76.1 Å². The van der Waals surface area contributed by atoms with Crippen LogP contribution in [0.3, 0.4) is 0 Å². The monoisotopic (exact) mass is 404 g/mol. The van der Waals surface area contributed by atoms with Crippen molar-refractivity contribution in [2.24, 2.45) is 0 Å². The maximum Gasteiger partial charge on any atom is 0.631 e. The largest absolute Gasteiger partial charge is 0.631 e. The van der Waals surface area contributed by atoms with Crippen LogP contribution in [-0.2, 0) is 21.1 Å². The molecular weight excluding hydrogens is 400 g/mol. The second-order valence-corrected chi connectivity index (χ2v) is 0.346. The van der Waals surface area contributed by atoms with Gasteiger partial charge in [0.2, 0.25) is 0 Å². The molecule has 0 saturated carbocycles. The van der Waals surface area contributed by atoms with Gasteiger partial charge >= 0.3 is 7.32 Å². The summed E-state index contributed by atoms with van der Waals surface area (Å²) < 4.78 is 0. The molecule has 0 aromatic heterocycles. The van der Waals surface area contributed by atoms with Crippen molar-refractivity contribution >= 4 is 7.32 Å². The minimum absolute atomic E-state index is 0. The summed E-state index contributed by atoms with van der Waals surface area (Å²) in [5.74, 6) is 0. The van der Waals surface area contributed by atoms with Gasteiger partial charge in [0.15, 0.2) is 0 Å². The van der Waals surface area contributed by atoms with E-state index in [9.17, 15) is 0 Å². The first-order valence-electron chi connectivity index (χ1n) is 0.775. The van der Waals surface area contributed by atoms with Crippen LogP contribution in [0.1, 0.15) is 0 Å². The van der Waals surface area contributed by atoms with Crippen LogP contribution in [0, 0.1) is 39.9 Å². The molecule has 6 heavy (non-hydrogen) atoms. The molecule has 0 amide bonds. The van der Waals surface area contributed by atoms with Crippen molar-refractivity contribution in [2.75, 3.05) is 0 Å². The fraction of sp³-hybridized carbons (Fsp3) is 0. The van der Waals surface area contributed by atoms with Crippen LogP contribution in [0.15, 0.2) is 0 Å². The third kappa shape index (κ3) is 38.2. The van der Waals surface area contributed by atoms with Crippen molar-refractivity contribution in [3.63, 3.8) is 0 Å². The first-order chi connectivity index (χ1) is 1.73. The van der Waals surface area contributed by atoms with Crippen LogP contribution in [-0.4, -0.2) is 22.4 Å². The van der Waals surface area contributed by atoms with Crippen LogP contribution in [0.4, 0.5) is 0 Å². The second kappa shape index (κ2) is 10.0. The van der Waals surface area contributed by atoms with E-state index in [0.29, 0.717) is 0 Å². The zero-order chi connectivity index (χ0) is 3.58. The van der Waals surface area contributed by atoms with Gasteiger partial charge < -0.3 is 15.1 Å². The molecule has 3 nitrogen and oxygen atoms in total. The second-order valence-electron chi connectivity index (χ2n) is 0.346. The molecule has 0 radical (unpaired) electrons. The van der Waals surface area contributed by atoms with Crippen LogP contribution in [0.5, 0.6) is 0 Å². The Morgan fingerprint density at radius 2 is 1.00 bits per heavy atom. The van der Waals surface area contributed by atoms with Crippen molar-refractivity contribution in [1.29, 1.82) is 0 Å². The predicted molar refractivity (Wildman–Crippen MR) is 12.4 cm³/mol. The summed E-state index contributed by atoms with van der Waals surface area (Å²) in [4.78, 5) is 0. The molecule has 38 valence electrons. The number of rotatable bonds is 0. The molecule has 0 aliphatic rings. The van der Waals surface area contributed by atoms with E-state index in [1.165, 1.54) is 0 Å². The third-order valence-electron chi connectivity index (χ3n) is 0. The Labute approximate surface area is 82.3 Å². The Morgan fingerprint density at radius 1 is 1.00 bits per heavy atom. The van der Waals surface area contributed by atoms with Crippen molar-refractivity contribution in [1.82, 2.24) is 0 Å². The molecule has 0 aliphatic carbocycles. The van der Waals surface area contributed by atoms with E-state index < -0.39 is 7.32 Å². The molecule has 0 heterocycles. The van der Waals surface area contributed by atoms with Crippen LogP contribution in [0.25, 0.3) is 0 Å². The topological polar surface area (TPSA) is 60.7 Å². The molecule has 0 aromatic carbocycles. The molecule has 0 bridgehead atoms. The standard InChI is InChI=1S/BH3O3.Gd.W/c2-1(3)4;;/h2-4H;;. The minimum atomic E-state index is -2.17. The summed E-state index contributed by atoms with van der Waals surface area (Å²) in [5.41, 5.74) is 0. The van der Waals surface area contributed by atoms with Crippen LogP contribution >= 0.6 is 0 Å². The molecular formula is H3BGdO3W. The van der Waals surface area contributed by atoms with Crippen LogP contribution < -0.4 is 0 Å². The summed E-state index contributed by atoms with van der Waals surface area (Å²) in [5, 5.41) is 21.5. The fourth-order valence-electron chi connectivity index (χ4n) is 0. The summed E-state index contributed by atoms with van der Waals surface area (Å²) in [6, 6.07) is 0. The van der Waals surface area contributed by atoms with Crippen molar-refractivity contribution in [2.45, 2.75) is 0 Å². The van der Waals surface area contributed by atoms with Gasteiger partial charge in [0.25, 0.3) is 0 Å². The fourth-order valence-corrected chi connectivity index (χ4v) is 0. The average Bonchev–Trinajstić information content (AvgIpc) is 0.811. The average molecular weight is 403 g/mol. The van der Waals surface area contributed by atoms with E-state index >= 15 is 0 Å². The van der Waals surface area contributed by atoms with E-state index in [4.69, 9.17) is 15.1 Å². The van der Waals surface area contributed by atoms with Gasteiger partial charge in [0.05, 0.1) is 0 Å². The van der Waals surface area contributed by atoms with E-state index in [1.54, 1.807) is 0 Å². The molecule has 0 atom stereocenters. The summed E-state index contributed by atoms with van der Waals surface area (Å²) in [6.07, 6.45) is 0. The van der Waals surface area contributed by atoms with Gasteiger partial charge in [-0.1, -0.05) is 0 Å². The van der Waals surface area contributed by atoms with Crippen LogP contribution in [0.2, 0.25) is 0 Å². The Kier molecular flexibility index (Phi) is 26.2. The molecule has 0 saturated heterocycles. The molecule has 6 heteroatoms. The first-order valence-corrected chi connectivity index (χ1v) is 0.775. The molecule has 0 spiro atoms. The Hall–Kier alpha value is 1.96. The summed E-state index contributed by atoms with van der Waals surface area (Å²) in [6.45, 7) is 0. The Bertz CT molecular complexity index is 15.5. The normalized spacial score (nSPS) is 4.50. The zero-order valence-corrected chi connectivity index (χ0v) is 7.88. The Balaban J connectivity index is -0.0000000450. The summed E-state index contributed by atoms with van der Waals surface area (Å²) in [7, 11) is -2.17. The van der Waals surface area contributed by atoms with E-state index in [-0.39, 0.29) is 61.0 Å². The predicted octanol–water partition coefficient (Wildman–Crippen LogP) is -2.05. The zero-order valence-electron chi connectivity index (χ0n) is 2.68. The van der Waals surface area contributed by atoms with Gasteiger partial charge in [-0.15, -0.1) is 0 Å². The first kappa shape index (κ1) is 15.7. The van der Waals surface area contributed by atoms with Gasteiger partial charge in [-0.3, -0.25) is 0 Å². The van der Waals surface area contributed by atoms with Gasteiger partial charge in [-0.05, 0) is 0 Å². The smallest absolute Gasteiger partial charge is 0.402 e.